The number of hydrogen-bond acceptors (Lipinski definition) is 6. The molecule has 0 atom stereocenters. The molecule has 160 valence electrons. The van der Waals surface area contributed by atoms with Gasteiger partial charge >= 0.3 is 0 Å². The number of carbonyl (C=O) groups excluding carboxylic acids is 2. The Balaban J connectivity index is 1.39. The number of carbonyl (C=O) groups is 2. The predicted molar refractivity (Wildman–Crippen MR) is 109 cm³/mol. The Morgan fingerprint density at radius 1 is 1.07 bits per heavy atom. The first kappa shape index (κ1) is 20.4. The van der Waals surface area contributed by atoms with E-state index < -0.39 is 0 Å². The van der Waals surface area contributed by atoms with Crippen molar-refractivity contribution in [2.75, 3.05) is 46.5 Å². The van der Waals surface area contributed by atoms with Gasteiger partial charge in [-0.2, -0.15) is 0 Å². The van der Waals surface area contributed by atoms with Crippen molar-refractivity contribution in [3.63, 3.8) is 0 Å². The standard InChI is InChI=1S/C22H27N3O5/c1-15-19(22(27)25-10-12-29-13-11-25)23-20(30-15)16-6-8-24(9-7-16)21(26)17-4-3-5-18(14-17)28-2/h3-5,14,16H,6-13H2,1-2H3. The second kappa shape index (κ2) is 8.87. The van der Waals surface area contributed by atoms with Gasteiger partial charge < -0.3 is 23.7 Å². The number of hydrogen-bond donors (Lipinski definition) is 0. The van der Waals surface area contributed by atoms with E-state index in [0.29, 0.717) is 68.1 Å². The summed E-state index contributed by atoms with van der Waals surface area (Å²) in [6, 6.07) is 7.21. The summed E-state index contributed by atoms with van der Waals surface area (Å²) in [5, 5.41) is 0. The van der Waals surface area contributed by atoms with E-state index in [1.165, 1.54) is 0 Å². The number of benzene rings is 1. The van der Waals surface area contributed by atoms with E-state index in [-0.39, 0.29) is 17.7 Å². The van der Waals surface area contributed by atoms with Crippen LogP contribution in [0.3, 0.4) is 0 Å². The van der Waals surface area contributed by atoms with E-state index in [0.717, 1.165) is 12.8 Å². The van der Waals surface area contributed by atoms with Gasteiger partial charge in [0.25, 0.3) is 11.8 Å². The Labute approximate surface area is 175 Å². The molecule has 8 nitrogen and oxygen atoms in total. The molecule has 30 heavy (non-hydrogen) atoms. The second-order valence-electron chi connectivity index (χ2n) is 7.66. The van der Waals surface area contributed by atoms with E-state index in [2.05, 4.69) is 4.98 Å². The van der Waals surface area contributed by atoms with Crippen LogP contribution in [0.1, 0.15) is 51.3 Å². The Bertz CT molecular complexity index is 911. The minimum atomic E-state index is -0.101. The largest absolute Gasteiger partial charge is 0.497 e. The molecule has 1 aromatic carbocycles. The molecule has 2 aliphatic rings. The first-order valence-corrected chi connectivity index (χ1v) is 10.3. The maximum atomic E-state index is 12.8. The summed E-state index contributed by atoms with van der Waals surface area (Å²) in [4.78, 5) is 33.7. The SMILES string of the molecule is COc1cccc(C(=O)N2CCC(c3nc(C(=O)N4CCOCC4)c(C)o3)CC2)c1. The van der Waals surface area contributed by atoms with Crippen molar-refractivity contribution in [1.82, 2.24) is 14.8 Å². The van der Waals surface area contributed by atoms with Crippen molar-refractivity contribution in [2.45, 2.75) is 25.7 Å². The third-order valence-corrected chi connectivity index (χ3v) is 5.76. The number of piperidine rings is 1. The number of ether oxygens (including phenoxy) is 2. The van der Waals surface area contributed by atoms with E-state index >= 15 is 0 Å². The van der Waals surface area contributed by atoms with Crippen molar-refractivity contribution in [3.8, 4) is 5.75 Å². The average molecular weight is 413 g/mol. The highest BCUT2D eigenvalue weighted by molar-refractivity contribution is 5.95. The average Bonchev–Trinajstić information content (AvgIpc) is 3.20. The molecule has 0 aliphatic carbocycles. The normalized spacial score (nSPS) is 17.8. The van der Waals surface area contributed by atoms with Crippen LogP contribution in [-0.2, 0) is 4.74 Å². The lowest BCUT2D eigenvalue weighted by atomic mass is 9.96. The fourth-order valence-corrected chi connectivity index (χ4v) is 3.97. The van der Waals surface area contributed by atoms with Crippen LogP contribution in [0.5, 0.6) is 5.75 Å². The third-order valence-electron chi connectivity index (χ3n) is 5.76. The van der Waals surface area contributed by atoms with Crippen LogP contribution in [0.15, 0.2) is 28.7 Å². The lowest BCUT2D eigenvalue weighted by Gasteiger charge is -2.30. The maximum Gasteiger partial charge on any atom is 0.276 e. The highest BCUT2D eigenvalue weighted by Gasteiger charge is 2.30. The molecule has 8 heteroatoms. The first-order chi connectivity index (χ1) is 14.6. The predicted octanol–water partition coefficient (Wildman–Crippen LogP) is 2.48. The van der Waals surface area contributed by atoms with Crippen LogP contribution < -0.4 is 4.74 Å². The number of likely N-dealkylation sites (tertiary alicyclic amines) is 1. The van der Waals surface area contributed by atoms with Crippen molar-refractivity contribution in [1.29, 1.82) is 0 Å². The molecule has 0 radical (unpaired) electrons. The first-order valence-electron chi connectivity index (χ1n) is 10.3. The number of nitrogens with zero attached hydrogens (tertiary/aromatic N) is 3. The van der Waals surface area contributed by atoms with Gasteiger partial charge in [-0.05, 0) is 38.0 Å². The molecule has 1 aromatic heterocycles. The van der Waals surface area contributed by atoms with Crippen LogP contribution in [0, 0.1) is 6.92 Å². The number of aromatic nitrogens is 1. The molecular weight excluding hydrogens is 386 g/mol. The van der Waals surface area contributed by atoms with Crippen molar-refractivity contribution >= 4 is 11.8 Å². The molecule has 2 saturated heterocycles. The summed E-state index contributed by atoms with van der Waals surface area (Å²) in [7, 11) is 1.59. The summed E-state index contributed by atoms with van der Waals surface area (Å²) in [5.41, 5.74) is 1.01. The van der Waals surface area contributed by atoms with Gasteiger partial charge in [0, 0.05) is 37.7 Å². The number of amides is 2. The molecule has 0 bridgehead atoms. The van der Waals surface area contributed by atoms with Crippen LogP contribution in [0.4, 0.5) is 0 Å². The van der Waals surface area contributed by atoms with E-state index in [4.69, 9.17) is 13.9 Å². The molecule has 0 spiro atoms. The topological polar surface area (TPSA) is 85.1 Å². The number of morpholine rings is 1. The number of aryl methyl sites for hydroxylation is 1. The Hall–Kier alpha value is -2.87. The molecule has 2 aromatic rings. The summed E-state index contributed by atoms with van der Waals surface area (Å²) in [6.45, 7) is 5.27. The van der Waals surface area contributed by atoms with Crippen molar-refractivity contribution in [3.05, 3.63) is 47.2 Å². The van der Waals surface area contributed by atoms with Gasteiger partial charge in [0.2, 0.25) is 0 Å². The minimum Gasteiger partial charge on any atom is -0.497 e. The van der Waals surface area contributed by atoms with Crippen LogP contribution >= 0.6 is 0 Å². The van der Waals surface area contributed by atoms with Crippen LogP contribution in [-0.4, -0.2) is 73.1 Å². The summed E-state index contributed by atoms with van der Waals surface area (Å²) < 4.78 is 16.4. The summed E-state index contributed by atoms with van der Waals surface area (Å²) in [5.74, 6) is 1.82. The molecule has 0 N–H and O–H groups in total. The van der Waals surface area contributed by atoms with E-state index in [1.54, 1.807) is 31.1 Å². The van der Waals surface area contributed by atoms with Crippen LogP contribution in [0.25, 0.3) is 0 Å². The molecule has 2 amide bonds. The number of rotatable bonds is 4. The zero-order valence-electron chi connectivity index (χ0n) is 17.4. The molecular formula is C22H27N3O5. The number of methoxy groups -OCH3 is 1. The molecule has 4 rings (SSSR count). The van der Waals surface area contributed by atoms with Gasteiger partial charge in [-0.1, -0.05) is 6.07 Å². The smallest absolute Gasteiger partial charge is 0.276 e. The lowest BCUT2D eigenvalue weighted by molar-refractivity contribution is 0.0298. The molecule has 0 unspecified atom stereocenters. The van der Waals surface area contributed by atoms with Gasteiger partial charge in [-0.3, -0.25) is 9.59 Å². The van der Waals surface area contributed by atoms with Gasteiger partial charge in [0.1, 0.15) is 11.5 Å². The highest BCUT2D eigenvalue weighted by Crippen LogP contribution is 2.30. The van der Waals surface area contributed by atoms with Crippen LogP contribution in [0.2, 0.25) is 0 Å². The van der Waals surface area contributed by atoms with Gasteiger partial charge in [0.15, 0.2) is 11.6 Å². The fraction of sp³-hybridized carbons (Fsp3) is 0.500. The molecule has 0 saturated carbocycles. The zero-order chi connectivity index (χ0) is 21.1. The second-order valence-corrected chi connectivity index (χ2v) is 7.66. The maximum absolute atomic E-state index is 12.8. The Morgan fingerprint density at radius 2 is 1.77 bits per heavy atom. The summed E-state index contributed by atoms with van der Waals surface area (Å²) >= 11 is 0. The molecule has 2 fully saturated rings. The highest BCUT2D eigenvalue weighted by atomic mass is 16.5. The quantitative estimate of drug-likeness (QED) is 0.766. The third kappa shape index (κ3) is 4.18. The molecule has 2 aliphatic heterocycles. The monoisotopic (exact) mass is 413 g/mol. The van der Waals surface area contributed by atoms with Gasteiger partial charge in [0.05, 0.1) is 20.3 Å². The molecule has 3 heterocycles. The van der Waals surface area contributed by atoms with Crippen molar-refractivity contribution in [2.24, 2.45) is 0 Å². The van der Waals surface area contributed by atoms with Crippen molar-refractivity contribution < 1.29 is 23.5 Å². The zero-order valence-corrected chi connectivity index (χ0v) is 17.4. The van der Waals surface area contributed by atoms with Gasteiger partial charge in [-0.25, -0.2) is 4.98 Å². The fourth-order valence-electron chi connectivity index (χ4n) is 3.97. The Kier molecular flexibility index (Phi) is 6.03. The van der Waals surface area contributed by atoms with Gasteiger partial charge in [-0.15, -0.1) is 0 Å². The lowest BCUT2D eigenvalue weighted by Crippen LogP contribution is -2.41. The minimum absolute atomic E-state index is 0.000816. The Morgan fingerprint density at radius 3 is 2.47 bits per heavy atom. The number of oxazole rings is 1. The summed E-state index contributed by atoms with van der Waals surface area (Å²) in [6.07, 6.45) is 1.50. The van der Waals surface area contributed by atoms with E-state index in [1.807, 2.05) is 17.0 Å². The van der Waals surface area contributed by atoms with E-state index in [9.17, 15) is 9.59 Å².